The summed E-state index contributed by atoms with van der Waals surface area (Å²) in [6, 6.07) is 0. The largest absolute Gasteiger partial charge is 0.645 e. The number of alkyl halides is 3. The first-order chi connectivity index (χ1) is 9.36. The molecule has 0 saturated heterocycles. The van der Waals surface area contributed by atoms with Gasteiger partial charge in [0.05, 0.1) is 0 Å². The Balaban J connectivity index is 4.98. The van der Waals surface area contributed by atoms with Crippen LogP contribution in [0.25, 0.3) is 0 Å². The molecule has 11 heteroatoms. The van der Waals surface area contributed by atoms with Crippen molar-refractivity contribution in [2.24, 2.45) is 0 Å². The Labute approximate surface area is 168 Å². The normalized spacial score (nSPS) is 16.6. The summed E-state index contributed by atoms with van der Waals surface area (Å²) < 4.78 is 29.6. The van der Waals surface area contributed by atoms with Crippen molar-refractivity contribution in [2.75, 3.05) is 16.0 Å². The van der Waals surface area contributed by atoms with Gasteiger partial charge >= 0.3 is 7.82 Å². The summed E-state index contributed by atoms with van der Waals surface area (Å²) in [5, 5.41) is 1.53. The Morgan fingerprint density at radius 3 is 1.20 bits per heavy atom. The highest BCUT2D eigenvalue weighted by molar-refractivity contribution is 9.14. The lowest BCUT2D eigenvalue weighted by Crippen LogP contribution is -1.91. The zero-order valence-corrected chi connectivity index (χ0v) is 20.1. The molecule has 20 heavy (non-hydrogen) atoms. The Kier molecular flexibility index (Phi) is 13.2. The van der Waals surface area contributed by atoms with Gasteiger partial charge in [0, 0.05) is 29.4 Å². The second-order valence-electron chi connectivity index (χ2n) is 2.86. The molecular formula is C9H9Br6O4P. The molecule has 0 heterocycles. The third-order valence-corrected chi connectivity index (χ3v) is 7.87. The van der Waals surface area contributed by atoms with E-state index < -0.39 is 7.82 Å². The molecule has 0 radical (unpaired) electrons. The van der Waals surface area contributed by atoms with E-state index in [0.29, 0.717) is 29.4 Å². The molecule has 0 spiro atoms. The van der Waals surface area contributed by atoms with Gasteiger partial charge in [-0.25, -0.2) is 0 Å². The smallest absolute Gasteiger partial charge is 0.393 e. The molecule has 0 fully saturated rings. The summed E-state index contributed by atoms with van der Waals surface area (Å²) in [6.07, 6.45) is 3.75. The van der Waals surface area contributed by atoms with Crippen molar-refractivity contribution in [1.82, 2.24) is 0 Å². The number of halogens is 6. The van der Waals surface area contributed by atoms with Crippen molar-refractivity contribution >= 4 is 103 Å². The average molecular weight is 692 g/mol. The number of allylic oxidation sites excluding steroid dienone is 3. The molecule has 0 aliphatic carbocycles. The van der Waals surface area contributed by atoms with E-state index in [-0.39, 0.29) is 0 Å². The molecule has 0 bridgehead atoms. The maximum atomic E-state index is 12.4. The summed E-state index contributed by atoms with van der Waals surface area (Å²) in [6.45, 7) is 0. The third-order valence-electron chi connectivity index (χ3n) is 1.31. The lowest BCUT2D eigenvalue weighted by atomic mass is 10.7. The summed E-state index contributed by atoms with van der Waals surface area (Å²) in [5.74, 6) is 0. The lowest BCUT2D eigenvalue weighted by molar-refractivity contribution is 0.229. The van der Waals surface area contributed by atoms with E-state index >= 15 is 0 Å². The van der Waals surface area contributed by atoms with Crippen LogP contribution in [0, 0.1) is 0 Å². The maximum Gasteiger partial charge on any atom is 0.645 e. The molecular weight excluding hydrogens is 682 g/mol. The van der Waals surface area contributed by atoms with Gasteiger partial charge in [-0.15, -0.1) is 0 Å². The van der Waals surface area contributed by atoms with E-state index in [2.05, 4.69) is 95.6 Å². The van der Waals surface area contributed by atoms with E-state index in [1.165, 1.54) is 18.8 Å². The first kappa shape index (κ1) is 21.7. The average Bonchev–Trinajstić information content (AvgIpc) is 2.47. The van der Waals surface area contributed by atoms with Gasteiger partial charge in [0.25, 0.3) is 0 Å². The quantitative estimate of drug-likeness (QED) is 0.148. The molecule has 0 aromatic carbocycles. The maximum absolute atomic E-state index is 12.4. The Morgan fingerprint density at radius 2 is 1.00 bits per heavy atom. The second-order valence-corrected chi connectivity index (χ2v) is 9.12. The van der Waals surface area contributed by atoms with Gasteiger partial charge in [0.2, 0.25) is 0 Å². The van der Waals surface area contributed by atoms with Crippen molar-refractivity contribution in [2.45, 2.75) is 0 Å². The third kappa shape index (κ3) is 10.5. The van der Waals surface area contributed by atoms with Gasteiger partial charge in [0.1, 0.15) is 18.8 Å². The van der Waals surface area contributed by atoms with Gasteiger partial charge in [-0.05, 0) is 0 Å². The van der Waals surface area contributed by atoms with E-state index in [4.69, 9.17) is 13.6 Å². The zero-order valence-electron chi connectivity index (χ0n) is 9.70. The zero-order chi connectivity index (χ0) is 15.6. The van der Waals surface area contributed by atoms with Crippen LogP contribution in [0.4, 0.5) is 0 Å². The minimum Gasteiger partial charge on any atom is -0.393 e. The highest BCUT2D eigenvalue weighted by Crippen LogP contribution is 2.51. The van der Waals surface area contributed by atoms with Crippen LogP contribution in [0.1, 0.15) is 0 Å². The molecule has 4 nitrogen and oxygen atoms in total. The van der Waals surface area contributed by atoms with Crippen LogP contribution in [-0.4, -0.2) is 16.0 Å². The van der Waals surface area contributed by atoms with Crippen LogP contribution in [0.2, 0.25) is 0 Å². The van der Waals surface area contributed by atoms with Crippen LogP contribution < -0.4 is 0 Å². The van der Waals surface area contributed by atoms with E-state index in [9.17, 15) is 4.57 Å². The van der Waals surface area contributed by atoms with Crippen LogP contribution in [-0.2, 0) is 18.1 Å². The van der Waals surface area contributed by atoms with E-state index in [1.54, 1.807) is 0 Å². The molecule has 0 saturated carbocycles. The van der Waals surface area contributed by atoms with Crippen molar-refractivity contribution in [1.29, 1.82) is 0 Å². The fraction of sp³-hybridized carbons (Fsp3) is 0.333. The molecule has 0 aliphatic heterocycles. The first-order valence-corrected chi connectivity index (χ1v) is 11.9. The van der Waals surface area contributed by atoms with Gasteiger partial charge in [-0.1, -0.05) is 95.6 Å². The van der Waals surface area contributed by atoms with Crippen LogP contribution >= 0.6 is 103 Å². The lowest BCUT2D eigenvalue weighted by Gasteiger charge is -2.14. The van der Waals surface area contributed by atoms with Crippen molar-refractivity contribution < 1.29 is 18.1 Å². The van der Waals surface area contributed by atoms with Crippen LogP contribution in [0.15, 0.2) is 32.2 Å². The molecule has 0 aliphatic rings. The van der Waals surface area contributed by atoms with Gasteiger partial charge in [0.15, 0.2) is 0 Å². The molecule has 0 N–H and O–H groups in total. The summed E-state index contributed by atoms with van der Waals surface area (Å²) in [7, 11) is -3.80. The van der Waals surface area contributed by atoms with Crippen molar-refractivity contribution in [3.8, 4) is 0 Å². The Morgan fingerprint density at radius 1 is 0.750 bits per heavy atom. The van der Waals surface area contributed by atoms with Crippen molar-refractivity contribution in [3.63, 3.8) is 0 Å². The van der Waals surface area contributed by atoms with Gasteiger partial charge in [-0.2, -0.15) is 4.57 Å². The predicted octanol–water partition coefficient (Wildman–Crippen LogP) is 7.04. The fourth-order valence-corrected chi connectivity index (χ4v) is 2.56. The molecule has 0 atom stereocenters. The topological polar surface area (TPSA) is 44.8 Å². The number of phosphoric ester groups is 1. The highest BCUT2D eigenvalue weighted by atomic mass is 79.9. The molecule has 0 amide bonds. The summed E-state index contributed by atoms with van der Waals surface area (Å²) >= 11 is 19.3. The minimum atomic E-state index is -3.80. The second kappa shape index (κ2) is 12.2. The van der Waals surface area contributed by atoms with Crippen LogP contribution in [0.5, 0.6) is 0 Å². The number of hydrogen-bond acceptors (Lipinski definition) is 4. The number of phosphoric acid groups is 1. The molecule has 0 rings (SSSR count). The number of hydrogen-bond donors (Lipinski definition) is 0. The monoisotopic (exact) mass is 686 g/mol. The predicted molar refractivity (Wildman–Crippen MR) is 103 cm³/mol. The van der Waals surface area contributed by atoms with E-state index in [0.717, 1.165) is 0 Å². The molecule has 116 valence electrons. The molecule has 0 aromatic heterocycles. The number of rotatable bonds is 9. The first-order valence-electron chi connectivity index (χ1n) is 4.73. The summed E-state index contributed by atoms with van der Waals surface area (Å²) in [4.78, 5) is 0. The minimum absolute atomic E-state index is 0.509. The van der Waals surface area contributed by atoms with Crippen LogP contribution in [0.3, 0.4) is 0 Å². The Bertz CT molecular complexity index is 374. The van der Waals surface area contributed by atoms with Gasteiger partial charge in [-0.3, -0.25) is 0 Å². The van der Waals surface area contributed by atoms with E-state index in [1.807, 2.05) is 0 Å². The molecule has 0 aromatic rings. The Hall–Kier alpha value is 1.73. The SMILES string of the molecule is O=P(OC=C(Br)CBr)(OC=C(Br)CBr)OC=C(Br)CBr. The van der Waals surface area contributed by atoms with Gasteiger partial charge < -0.3 is 13.6 Å². The fourth-order valence-electron chi connectivity index (χ4n) is 0.534. The van der Waals surface area contributed by atoms with Crippen molar-refractivity contribution in [3.05, 3.63) is 32.2 Å². The standard InChI is InChI=1S/C9H9Br6O4P/c10-1-7(13)4-17-20(16,18-5-8(14)2-11)19-6-9(15)3-12/h4-6H,1-3H2. The molecule has 0 unspecified atom stereocenters. The highest BCUT2D eigenvalue weighted by Gasteiger charge is 2.28. The summed E-state index contributed by atoms with van der Waals surface area (Å²) in [5.41, 5.74) is 0.